The molecular weight excluding hydrogens is 434 g/mol. The minimum atomic E-state index is 0.659. The summed E-state index contributed by atoms with van der Waals surface area (Å²) in [6.07, 6.45) is 0. The van der Waals surface area contributed by atoms with Crippen LogP contribution in [0.2, 0.25) is 0 Å². The molecule has 35 heavy (non-hydrogen) atoms. The number of hydrogen-bond donors (Lipinski definition) is 0. The topological polar surface area (TPSA) is 65.0 Å². The highest BCUT2D eigenvalue weighted by molar-refractivity contribution is 6.16. The van der Waals surface area contributed by atoms with Gasteiger partial charge in [0.25, 0.3) is 0 Å². The molecule has 5 heteroatoms. The van der Waals surface area contributed by atoms with Crippen LogP contribution in [0.15, 0.2) is 81.6 Å². The van der Waals surface area contributed by atoms with Crippen molar-refractivity contribution in [1.82, 2.24) is 15.0 Å². The highest BCUT2D eigenvalue weighted by Crippen LogP contribution is 2.41. The molecule has 3 heterocycles. The van der Waals surface area contributed by atoms with E-state index in [0.29, 0.717) is 17.5 Å². The van der Waals surface area contributed by atoms with Gasteiger partial charge in [-0.05, 0) is 68.3 Å². The lowest BCUT2D eigenvalue weighted by Crippen LogP contribution is -1.98. The number of rotatable bonds is 2. The summed E-state index contributed by atoms with van der Waals surface area (Å²) in [6, 6.07) is 24.9. The Morgan fingerprint density at radius 2 is 1.14 bits per heavy atom. The molecule has 3 aromatic heterocycles. The summed E-state index contributed by atoms with van der Waals surface area (Å²) in [4.78, 5) is 13.6. The lowest BCUT2D eigenvalue weighted by atomic mass is 9.96. The fraction of sp³-hybridized carbons (Fsp3) is 0.100. The Balaban J connectivity index is 1.53. The standard InChI is InChI=1S/C30H21N3O2/c1-16-10-12-24-22(14-16)28-20(6-4-8-26(28)34-24)19-11-13-25-23(15-19)29-21(7-5-9-27(29)35-25)30-32-17(2)31-18(3)33-30/h4-15H,1-3H3. The summed E-state index contributed by atoms with van der Waals surface area (Å²) >= 11 is 0. The Labute approximate surface area is 201 Å². The lowest BCUT2D eigenvalue weighted by Gasteiger charge is -2.06. The zero-order valence-corrected chi connectivity index (χ0v) is 19.6. The molecule has 7 rings (SSSR count). The zero-order valence-electron chi connectivity index (χ0n) is 19.6. The van der Waals surface area contributed by atoms with E-state index in [-0.39, 0.29) is 0 Å². The van der Waals surface area contributed by atoms with Crippen molar-refractivity contribution in [3.63, 3.8) is 0 Å². The van der Waals surface area contributed by atoms with Crippen molar-refractivity contribution < 1.29 is 8.83 Å². The fourth-order valence-corrected chi connectivity index (χ4v) is 5.10. The fourth-order valence-electron chi connectivity index (χ4n) is 5.10. The van der Waals surface area contributed by atoms with E-state index in [1.165, 1.54) is 5.56 Å². The molecule has 5 nitrogen and oxygen atoms in total. The summed E-state index contributed by atoms with van der Waals surface area (Å²) < 4.78 is 12.4. The van der Waals surface area contributed by atoms with Crippen molar-refractivity contribution in [1.29, 1.82) is 0 Å². The first-order valence-electron chi connectivity index (χ1n) is 11.6. The van der Waals surface area contributed by atoms with Gasteiger partial charge in [0, 0.05) is 27.1 Å². The minimum absolute atomic E-state index is 0.659. The SMILES string of the molecule is Cc1ccc2oc3cccc(-c4ccc5oc6cccc(-c7nc(C)nc(C)n7)c6c5c4)c3c2c1. The summed E-state index contributed by atoms with van der Waals surface area (Å²) in [6.45, 7) is 5.89. The Bertz CT molecular complexity index is 1920. The molecular formula is C30H21N3O2. The molecule has 0 radical (unpaired) electrons. The van der Waals surface area contributed by atoms with Gasteiger partial charge in [-0.25, -0.2) is 15.0 Å². The highest BCUT2D eigenvalue weighted by atomic mass is 16.3. The second kappa shape index (κ2) is 7.24. The number of aryl methyl sites for hydroxylation is 3. The van der Waals surface area contributed by atoms with E-state index < -0.39 is 0 Å². The number of fused-ring (bicyclic) bond motifs is 6. The maximum Gasteiger partial charge on any atom is 0.164 e. The second-order valence-electron chi connectivity index (χ2n) is 9.03. The van der Waals surface area contributed by atoms with Crippen molar-refractivity contribution in [2.75, 3.05) is 0 Å². The Hall–Kier alpha value is -4.51. The number of nitrogens with zero attached hydrogens (tertiary/aromatic N) is 3. The Morgan fingerprint density at radius 3 is 1.86 bits per heavy atom. The molecule has 0 saturated carbocycles. The summed E-state index contributed by atoms with van der Waals surface area (Å²) in [5.41, 5.74) is 7.81. The summed E-state index contributed by atoms with van der Waals surface area (Å²) in [5, 5.41) is 4.30. The van der Waals surface area contributed by atoms with Crippen LogP contribution in [-0.2, 0) is 0 Å². The van der Waals surface area contributed by atoms with Crippen LogP contribution in [0.3, 0.4) is 0 Å². The van der Waals surface area contributed by atoms with Crippen LogP contribution in [0.5, 0.6) is 0 Å². The molecule has 0 bridgehead atoms. The average Bonchev–Trinajstić information content (AvgIpc) is 3.40. The molecule has 0 unspecified atom stereocenters. The normalized spacial score (nSPS) is 11.9. The number of aromatic nitrogens is 3. The molecule has 0 saturated heterocycles. The minimum Gasteiger partial charge on any atom is -0.456 e. The van der Waals surface area contributed by atoms with E-state index in [1.807, 2.05) is 56.3 Å². The van der Waals surface area contributed by atoms with Crippen LogP contribution in [0, 0.1) is 20.8 Å². The molecule has 0 aliphatic heterocycles. The van der Waals surface area contributed by atoms with Gasteiger partial charge >= 0.3 is 0 Å². The summed E-state index contributed by atoms with van der Waals surface area (Å²) in [7, 11) is 0. The Kier molecular flexibility index (Phi) is 4.12. The molecule has 0 aliphatic carbocycles. The first-order chi connectivity index (χ1) is 17.0. The van der Waals surface area contributed by atoms with Crippen molar-refractivity contribution in [3.05, 3.63) is 90.0 Å². The number of furan rings is 2. The van der Waals surface area contributed by atoms with Gasteiger partial charge in [-0.2, -0.15) is 0 Å². The smallest absolute Gasteiger partial charge is 0.164 e. The maximum atomic E-state index is 6.23. The van der Waals surface area contributed by atoms with Crippen LogP contribution in [-0.4, -0.2) is 15.0 Å². The van der Waals surface area contributed by atoms with Gasteiger partial charge in [0.2, 0.25) is 0 Å². The molecule has 0 aliphatic rings. The molecule has 0 N–H and O–H groups in total. The van der Waals surface area contributed by atoms with Crippen LogP contribution in [0.4, 0.5) is 0 Å². The third-order valence-corrected chi connectivity index (χ3v) is 6.56. The number of benzene rings is 4. The van der Waals surface area contributed by atoms with Crippen LogP contribution >= 0.6 is 0 Å². The van der Waals surface area contributed by atoms with E-state index >= 15 is 0 Å². The molecule has 0 fully saturated rings. The van der Waals surface area contributed by atoms with Crippen LogP contribution in [0.1, 0.15) is 17.2 Å². The predicted octanol–water partition coefficient (Wildman–Crippen LogP) is 7.93. The third kappa shape index (κ3) is 3.05. The van der Waals surface area contributed by atoms with Gasteiger partial charge < -0.3 is 8.83 Å². The van der Waals surface area contributed by atoms with Crippen molar-refractivity contribution in [2.45, 2.75) is 20.8 Å². The third-order valence-electron chi connectivity index (χ3n) is 6.56. The van der Waals surface area contributed by atoms with Gasteiger partial charge in [0.1, 0.15) is 34.0 Å². The maximum absolute atomic E-state index is 6.23. The zero-order chi connectivity index (χ0) is 23.7. The first kappa shape index (κ1) is 19.9. The van der Waals surface area contributed by atoms with Crippen molar-refractivity contribution in [3.8, 4) is 22.5 Å². The lowest BCUT2D eigenvalue weighted by molar-refractivity contribution is 0.669. The second-order valence-corrected chi connectivity index (χ2v) is 9.03. The van der Waals surface area contributed by atoms with E-state index in [2.05, 4.69) is 52.2 Å². The molecule has 4 aromatic carbocycles. The monoisotopic (exact) mass is 455 g/mol. The van der Waals surface area contributed by atoms with Gasteiger partial charge in [0.05, 0.1) is 0 Å². The molecule has 168 valence electrons. The molecule has 0 atom stereocenters. The van der Waals surface area contributed by atoms with Gasteiger partial charge in [0.15, 0.2) is 5.82 Å². The Morgan fingerprint density at radius 1 is 0.543 bits per heavy atom. The van der Waals surface area contributed by atoms with Crippen molar-refractivity contribution in [2.24, 2.45) is 0 Å². The summed E-state index contributed by atoms with van der Waals surface area (Å²) in [5.74, 6) is 2.06. The van der Waals surface area contributed by atoms with Crippen molar-refractivity contribution >= 4 is 43.9 Å². The largest absolute Gasteiger partial charge is 0.456 e. The van der Waals surface area contributed by atoms with Gasteiger partial charge in [-0.1, -0.05) is 42.0 Å². The van der Waals surface area contributed by atoms with E-state index in [9.17, 15) is 0 Å². The highest BCUT2D eigenvalue weighted by Gasteiger charge is 2.17. The van der Waals surface area contributed by atoms with Gasteiger partial charge in [-0.3, -0.25) is 0 Å². The van der Waals surface area contributed by atoms with E-state index in [1.54, 1.807) is 0 Å². The number of hydrogen-bond acceptors (Lipinski definition) is 5. The molecule has 7 aromatic rings. The van der Waals surface area contributed by atoms with E-state index in [4.69, 9.17) is 8.83 Å². The van der Waals surface area contributed by atoms with Gasteiger partial charge in [-0.15, -0.1) is 0 Å². The van der Waals surface area contributed by atoms with E-state index in [0.717, 1.165) is 60.6 Å². The first-order valence-corrected chi connectivity index (χ1v) is 11.6. The average molecular weight is 456 g/mol. The predicted molar refractivity (Wildman–Crippen MR) is 139 cm³/mol. The van der Waals surface area contributed by atoms with Crippen LogP contribution in [0.25, 0.3) is 66.4 Å². The molecule has 0 spiro atoms. The van der Waals surface area contributed by atoms with Crippen LogP contribution < -0.4 is 0 Å². The quantitative estimate of drug-likeness (QED) is 0.265. The molecule has 0 amide bonds.